The van der Waals surface area contributed by atoms with Crippen LogP contribution in [0.5, 0.6) is 0 Å². The van der Waals surface area contributed by atoms with Crippen molar-refractivity contribution in [1.29, 1.82) is 0 Å². The van der Waals surface area contributed by atoms with Crippen LogP contribution in [0.15, 0.2) is 18.7 Å². The summed E-state index contributed by atoms with van der Waals surface area (Å²) in [5, 5.41) is 13.7. The Morgan fingerprint density at radius 3 is 2.83 bits per heavy atom. The van der Waals surface area contributed by atoms with Crippen molar-refractivity contribution < 1.29 is 19.4 Å². The molecule has 11 heteroatoms. The first kappa shape index (κ1) is 19.3. The van der Waals surface area contributed by atoms with Gasteiger partial charge in [-0.1, -0.05) is 13.8 Å². The van der Waals surface area contributed by atoms with E-state index in [1.54, 1.807) is 17.8 Å². The zero-order valence-corrected chi connectivity index (χ0v) is 16.4. The number of nitrogens with zero attached hydrogens (tertiary/aromatic N) is 6. The van der Waals surface area contributed by atoms with Gasteiger partial charge in [0.25, 0.3) is 5.95 Å². The van der Waals surface area contributed by atoms with E-state index in [1.165, 1.54) is 17.1 Å². The van der Waals surface area contributed by atoms with Crippen molar-refractivity contribution in [3.8, 4) is 5.95 Å². The maximum absolute atomic E-state index is 11.9. The number of imidazole rings is 1. The number of aliphatic hydroxyl groups is 1. The Bertz CT molecular complexity index is 1050. The quantitative estimate of drug-likeness (QED) is 0.597. The third-order valence-electron chi connectivity index (χ3n) is 5.37. The molecule has 1 unspecified atom stereocenters. The zero-order chi connectivity index (χ0) is 20.7. The molecule has 1 aliphatic heterocycles. The molecule has 4 atom stereocenters. The number of carbonyl (C=O) groups is 1. The predicted molar refractivity (Wildman–Crippen MR) is 102 cm³/mol. The zero-order valence-electron chi connectivity index (χ0n) is 16.4. The SMILES string of the molecule is CCOC(=O)c1cnn(-c2nc(N)c3ncn([C@@H]4OC(CO)[C@@H](C)[C@H]4C)c3n2)c1. The molecule has 3 aromatic rings. The molecule has 0 amide bonds. The van der Waals surface area contributed by atoms with Gasteiger partial charge in [-0.25, -0.2) is 14.5 Å². The van der Waals surface area contributed by atoms with Gasteiger partial charge in [0.2, 0.25) is 0 Å². The molecule has 0 spiro atoms. The molecule has 0 aromatic carbocycles. The van der Waals surface area contributed by atoms with Crippen molar-refractivity contribution in [1.82, 2.24) is 29.3 Å². The topological polar surface area (TPSA) is 143 Å². The number of nitrogens with two attached hydrogens (primary N) is 1. The molecule has 3 N–H and O–H groups in total. The molecule has 4 rings (SSSR count). The van der Waals surface area contributed by atoms with Gasteiger partial charge in [-0.2, -0.15) is 15.1 Å². The molecule has 29 heavy (non-hydrogen) atoms. The molecule has 1 saturated heterocycles. The van der Waals surface area contributed by atoms with Gasteiger partial charge in [-0.3, -0.25) is 4.57 Å². The van der Waals surface area contributed by atoms with Crippen LogP contribution in [0.3, 0.4) is 0 Å². The average Bonchev–Trinajstić information content (AvgIpc) is 3.41. The minimum Gasteiger partial charge on any atom is -0.462 e. The number of carbonyl (C=O) groups excluding carboxylic acids is 1. The number of fused-ring (bicyclic) bond motifs is 1. The number of nitrogen functional groups attached to an aromatic ring is 1. The Morgan fingerprint density at radius 1 is 1.34 bits per heavy atom. The van der Waals surface area contributed by atoms with Gasteiger partial charge in [0.05, 0.1) is 37.4 Å². The van der Waals surface area contributed by atoms with E-state index in [2.05, 4.69) is 27.0 Å². The summed E-state index contributed by atoms with van der Waals surface area (Å²) in [4.78, 5) is 25.0. The molecule has 0 saturated carbocycles. The fourth-order valence-electron chi connectivity index (χ4n) is 3.52. The maximum atomic E-state index is 11.9. The summed E-state index contributed by atoms with van der Waals surface area (Å²) in [7, 11) is 0. The fraction of sp³-hybridized carbons (Fsp3) is 0.500. The monoisotopic (exact) mass is 401 g/mol. The number of ether oxygens (including phenoxy) is 2. The van der Waals surface area contributed by atoms with Crippen LogP contribution in [0, 0.1) is 11.8 Å². The Morgan fingerprint density at radius 2 is 2.14 bits per heavy atom. The molecule has 0 radical (unpaired) electrons. The lowest BCUT2D eigenvalue weighted by atomic mass is 9.93. The van der Waals surface area contributed by atoms with Crippen LogP contribution >= 0.6 is 0 Å². The van der Waals surface area contributed by atoms with E-state index in [9.17, 15) is 9.90 Å². The Kier molecular flexibility index (Phi) is 4.92. The van der Waals surface area contributed by atoms with Crippen molar-refractivity contribution in [2.75, 3.05) is 18.9 Å². The van der Waals surface area contributed by atoms with Gasteiger partial charge in [0.15, 0.2) is 11.5 Å². The molecular formula is C18H23N7O4. The number of aliphatic hydroxyl groups excluding tert-OH is 1. The molecule has 154 valence electrons. The molecule has 0 aliphatic carbocycles. The first-order valence-electron chi connectivity index (χ1n) is 9.43. The predicted octanol–water partition coefficient (Wildman–Crippen LogP) is 0.933. The lowest BCUT2D eigenvalue weighted by molar-refractivity contribution is -0.0336. The molecule has 11 nitrogen and oxygen atoms in total. The summed E-state index contributed by atoms with van der Waals surface area (Å²) in [6.45, 7) is 6.05. The van der Waals surface area contributed by atoms with E-state index in [1.807, 2.05) is 6.92 Å². The average molecular weight is 401 g/mol. The number of rotatable bonds is 5. The maximum Gasteiger partial charge on any atom is 0.341 e. The molecule has 1 fully saturated rings. The lowest BCUT2D eigenvalue weighted by Gasteiger charge is -2.18. The van der Waals surface area contributed by atoms with Gasteiger partial charge in [-0.05, 0) is 12.8 Å². The van der Waals surface area contributed by atoms with Crippen LogP contribution < -0.4 is 5.73 Å². The minimum absolute atomic E-state index is 0.0546. The summed E-state index contributed by atoms with van der Waals surface area (Å²) in [6.07, 6.45) is 3.87. The largest absolute Gasteiger partial charge is 0.462 e. The first-order chi connectivity index (χ1) is 13.9. The van der Waals surface area contributed by atoms with E-state index in [-0.39, 0.29) is 54.7 Å². The highest BCUT2D eigenvalue weighted by atomic mass is 16.5. The van der Waals surface area contributed by atoms with Crippen molar-refractivity contribution >= 4 is 23.0 Å². The molecular weight excluding hydrogens is 378 g/mol. The fourth-order valence-corrected chi connectivity index (χ4v) is 3.52. The Hall–Kier alpha value is -3.05. The number of hydrogen-bond acceptors (Lipinski definition) is 9. The van der Waals surface area contributed by atoms with Crippen LogP contribution in [0.4, 0.5) is 5.82 Å². The van der Waals surface area contributed by atoms with Crippen molar-refractivity contribution in [3.05, 3.63) is 24.3 Å². The van der Waals surface area contributed by atoms with Crippen LogP contribution in [0.2, 0.25) is 0 Å². The van der Waals surface area contributed by atoms with E-state index in [0.29, 0.717) is 11.2 Å². The van der Waals surface area contributed by atoms with E-state index >= 15 is 0 Å². The lowest BCUT2D eigenvalue weighted by Crippen LogP contribution is -2.19. The highest BCUT2D eigenvalue weighted by Crippen LogP contribution is 2.39. The standard InChI is InChI=1S/C18H23N7O4/c1-4-28-17(27)11-5-21-25(6-11)18-22-14(19)13-15(23-18)24(8-20-13)16-10(3)9(2)12(7-26)29-16/h5-6,8-10,12,16,26H,4,7H2,1-3H3,(H2,19,22,23)/t9-,10+,12?,16+/m0/s1. The Labute approximate surface area is 166 Å². The van der Waals surface area contributed by atoms with Crippen LogP contribution in [-0.4, -0.2) is 59.7 Å². The van der Waals surface area contributed by atoms with Crippen molar-refractivity contribution in [2.45, 2.75) is 33.1 Å². The second-order valence-corrected chi connectivity index (χ2v) is 7.09. The van der Waals surface area contributed by atoms with Crippen molar-refractivity contribution in [3.63, 3.8) is 0 Å². The third kappa shape index (κ3) is 3.21. The van der Waals surface area contributed by atoms with Crippen LogP contribution in [0.1, 0.15) is 37.4 Å². The van der Waals surface area contributed by atoms with E-state index in [4.69, 9.17) is 15.2 Å². The van der Waals surface area contributed by atoms with Gasteiger partial charge < -0.3 is 20.3 Å². The normalized spacial score (nSPS) is 24.3. The van der Waals surface area contributed by atoms with Gasteiger partial charge >= 0.3 is 5.97 Å². The molecule has 4 heterocycles. The Balaban J connectivity index is 1.74. The van der Waals surface area contributed by atoms with Crippen LogP contribution in [0.25, 0.3) is 17.1 Å². The van der Waals surface area contributed by atoms with Gasteiger partial charge in [-0.15, -0.1) is 0 Å². The summed E-state index contributed by atoms with van der Waals surface area (Å²) >= 11 is 0. The van der Waals surface area contributed by atoms with Gasteiger partial charge in [0, 0.05) is 12.1 Å². The summed E-state index contributed by atoms with van der Waals surface area (Å²) in [5.74, 6) is 0.206. The highest BCUT2D eigenvalue weighted by Gasteiger charge is 2.40. The summed E-state index contributed by atoms with van der Waals surface area (Å²) in [5.41, 5.74) is 7.32. The molecule has 0 bridgehead atoms. The molecule has 3 aromatic heterocycles. The number of anilines is 1. The minimum atomic E-state index is -0.477. The number of esters is 1. The third-order valence-corrected chi connectivity index (χ3v) is 5.37. The van der Waals surface area contributed by atoms with Gasteiger partial charge in [0.1, 0.15) is 11.7 Å². The first-order valence-corrected chi connectivity index (χ1v) is 9.43. The van der Waals surface area contributed by atoms with E-state index < -0.39 is 5.97 Å². The summed E-state index contributed by atoms with van der Waals surface area (Å²) in [6, 6.07) is 0. The number of hydrogen-bond donors (Lipinski definition) is 2. The second kappa shape index (κ2) is 7.41. The second-order valence-electron chi connectivity index (χ2n) is 7.09. The van der Waals surface area contributed by atoms with Crippen molar-refractivity contribution in [2.24, 2.45) is 11.8 Å². The van der Waals surface area contributed by atoms with E-state index in [0.717, 1.165) is 0 Å². The summed E-state index contributed by atoms with van der Waals surface area (Å²) < 4.78 is 14.2. The van der Waals surface area contributed by atoms with Crippen LogP contribution in [-0.2, 0) is 9.47 Å². The highest BCUT2D eigenvalue weighted by molar-refractivity contribution is 5.89. The smallest absolute Gasteiger partial charge is 0.341 e. The number of aromatic nitrogens is 6. The molecule has 1 aliphatic rings.